The molecule has 0 spiro atoms. The van der Waals surface area contributed by atoms with E-state index in [2.05, 4.69) is 32.3 Å². The first-order valence-electron chi connectivity index (χ1n) is 6.31. The lowest BCUT2D eigenvalue weighted by atomic mass is 10.1. The highest BCUT2D eigenvalue weighted by Crippen LogP contribution is 2.23. The maximum Gasteiger partial charge on any atom is 0.244 e. The van der Waals surface area contributed by atoms with Crippen molar-refractivity contribution in [3.05, 3.63) is 5.82 Å². The highest BCUT2D eigenvalue weighted by Gasteiger charge is 2.24. The number of aromatic amines is 1. The Balaban J connectivity index is 1.70. The van der Waals surface area contributed by atoms with Crippen LogP contribution in [0.5, 0.6) is 0 Å². The third-order valence-electron chi connectivity index (χ3n) is 3.46. The van der Waals surface area contributed by atoms with E-state index in [-0.39, 0.29) is 0 Å². The number of anilines is 1. The summed E-state index contributed by atoms with van der Waals surface area (Å²) in [5.41, 5.74) is 0. The van der Waals surface area contributed by atoms with Crippen LogP contribution in [-0.4, -0.2) is 54.1 Å². The van der Waals surface area contributed by atoms with Crippen LogP contribution in [0.3, 0.4) is 0 Å². The third-order valence-corrected chi connectivity index (χ3v) is 3.46. The lowest BCUT2D eigenvalue weighted by Crippen LogP contribution is -2.49. The minimum Gasteiger partial charge on any atom is -0.381 e. The average molecular weight is 237 g/mol. The van der Waals surface area contributed by atoms with Crippen LogP contribution in [-0.2, 0) is 4.74 Å². The number of hydrogen-bond donors (Lipinski definition) is 2. The van der Waals surface area contributed by atoms with E-state index in [1.165, 1.54) is 0 Å². The topological polar surface area (TPSA) is 66.1 Å². The molecular weight excluding hydrogens is 218 g/mol. The minimum atomic E-state index is 0.400. The summed E-state index contributed by atoms with van der Waals surface area (Å²) in [6.07, 6.45) is 1.05. The van der Waals surface area contributed by atoms with Crippen molar-refractivity contribution in [3.63, 3.8) is 0 Å². The summed E-state index contributed by atoms with van der Waals surface area (Å²) in [4.78, 5) is 6.83. The van der Waals surface area contributed by atoms with Crippen molar-refractivity contribution in [1.29, 1.82) is 0 Å². The van der Waals surface area contributed by atoms with Gasteiger partial charge in [-0.05, 0) is 13.3 Å². The van der Waals surface area contributed by atoms with Crippen LogP contribution in [0.25, 0.3) is 0 Å². The average Bonchev–Trinajstić information content (AvgIpc) is 3.00. The van der Waals surface area contributed by atoms with Gasteiger partial charge in [0.05, 0.1) is 6.61 Å². The Labute approximate surface area is 101 Å². The number of aromatic nitrogens is 3. The van der Waals surface area contributed by atoms with Gasteiger partial charge in [0.1, 0.15) is 5.82 Å². The third kappa shape index (κ3) is 2.28. The molecule has 1 aromatic heterocycles. The standard InChI is InChI=1S/C11H19N5O/c1-8-6-16(4-3-12-8)11-13-10(14-15-11)9-2-5-17-7-9/h8-9,12H,2-7H2,1H3,(H,13,14,15)/t8-,9?/m0/s1. The van der Waals surface area contributed by atoms with E-state index in [4.69, 9.17) is 4.74 Å². The number of nitrogens with one attached hydrogen (secondary N) is 2. The van der Waals surface area contributed by atoms with E-state index in [9.17, 15) is 0 Å². The van der Waals surface area contributed by atoms with Crippen molar-refractivity contribution >= 4 is 5.95 Å². The first-order chi connectivity index (χ1) is 8.33. The van der Waals surface area contributed by atoms with Crippen molar-refractivity contribution < 1.29 is 4.74 Å². The lowest BCUT2D eigenvalue weighted by Gasteiger charge is -2.30. The van der Waals surface area contributed by atoms with Crippen LogP contribution in [0.2, 0.25) is 0 Å². The molecule has 17 heavy (non-hydrogen) atoms. The SMILES string of the molecule is C[C@H]1CN(c2n[nH]c(C3CCOC3)n2)CCN1. The Morgan fingerprint density at radius 2 is 2.41 bits per heavy atom. The maximum atomic E-state index is 5.37. The van der Waals surface area contributed by atoms with Gasteiger partial charge in [-0.3, -0.25) is 5.10 Å². The smallest absolute Gasteiger partial charge is 0.244 e. The van der Waals surface area contributed by atoms with E-state index in [1.54, 1.807) is 0 Å². The summed E-state index contributed by atoms with van der Waals surface area (Å²) >= 11 is 0. The second kappa shape index (κ2) is 4.62. The molecule has 1 aromatic rings. The molecule has 0 bridgehead atoms. The molecule has 94 valence electrons. The minimum absolute atomic E-state index is 0.400. The monoisotopic (exact) mass is 237 g/mol. The van der Waals surface area contributed by atoms with Gasteiger partial charge in [-0.25, -0.2) is 0 Å². The summed E-state index contributed by atoms with van der Waals surface area (Å²) in [6.45, 7) is 6.74. The summed E-state index contributed by atoms with van der Waals surface area (Å²) in [5, 5.41) is 10.8. The molecule has 2 fully saturated rings. The number of hydrogen-bond acceptors (Lipinski definition) is 5. The van der Waals surface area contributed by atoms with Crippen LogP contribution in [0, 0.1) is 0 Å². The van der Waals surface area contributed by atoms with E-state index in [1.807, 2.05) is 0 Å². The van der Waals surface area contributed by atoms with E-state index < -0.39 is 0 Å². The molecule has 2 N–H and O–H groups in total. The van der Waals surface area contributed by atoms with Gasteiger partial charge < -0.3 is 15.0 Å². The van der Waals surface area contributed by atoms with E-state index in [0.717, 1.165) is 51.0 Å². The molecule has 1 unspecified atom stereocenters. The van der Waals surface area contributed by atoms with Crippen LogP contribution in [0.4, 0.5) is 5.95 Å². The number of ether oxygens (including phenoxy) is 1. The Kier molecular flexibility index (Phi) is 2.98. The summed E-state index contributed by atoms with van der Waals surface area (Å²) < 4.78 is 5.37. The van der Waals surface area contributed by atoms with Crippen LogP contribution < -0.4 is 10.2 Å². The number of rotatable bonds is 2. The second-order valence-electron chi connectivity index (χ2n) is 4.88. The highest BCUT2D eigenvalue weighted by atomic mass is 16.5. The zero-order valence-corrected chi connectivity index (χ0v) is 10.1. The van der Waals surface area contributed by atoms with Gasteiger partial charge in [-0.1, -0.05) is 0 Å². The zero-order valence-electron chi connectivity index (χ0n) is 10.1. The van der Waals surface area contributed by atoms with E-state index in [0.29, 0.717) is 12.0 Å². The molecule has 2 atom stereocenters. The van der Waals surface area contributed by atoms with Crippen LogP contribution >= 0.6 is 0 Å². The highest BCUT2D eigenvalue weighted by molar-refractivity contribution is 5.30. The first-order valence-corrected chi connectivity index (χ1v) is 6.31. The fourth-order valence-corrected chi connectivity index (χ4v) is 2.45. The molecule has 0 amide bonds. The van der Waals surface area contributed by atoms with Crippen molar-refractivity contribution in [3.8, 4) is 0 Å². The van der Waals surface area contributed by atoms with Gasteiger partial charge >= 0.3 is 0 Å². The predicted octanol–water partition coefficient (Wildman–Crippen LogP) is 0.107. The fraction of sp³-hybridized carbons (Fsp3) is 0.818. The largest absolute Gasteiger partial charge is 0.381 e. The van der Waals surface area contributed by atoms with Crippen LogP contribution in [0.15, 0.2) is 0 Å². The molecule has 6 heteroatoms. The number of nitrogens with zero attached hydrogens (tertiary/aromatic N) is 3. The van der Waals surface area contributed by atoms with E-state index >= 15 is 0 Å². The molecule has 3 rings (SSSR count). The van der Waals surface area contributed by atoms with Crippen molar-refractivity contribution in [2.75, 3.05) is 37.7 Å². The Morgan fingerprint density at radius 3 is 3.18 bits per heavy atom. The van der Waals surface area contributed by atoms with Gasteiger partial charge in [-0.15, -0.1) is 5.10 Å². The second-order valence-corrected chi connectivity index (χ2v) is 4.88. The van der Waals surface area contributed by atoms with Gasteiger partial charge in [0.25, 0.3) is 0 Å². The van der Waals surface area contributed by atoms with Crippen molar-refractivity contribution in [2.24, 2.45) is 0 Å². The normalized spacial score (nSPS) is 29.8. The van der Waals surface area contributed by atoms with Gasteiger partial charge in [0.15, 0.2) is 0 Å². The predicted molar refractivity (Wildman–Crippen MR) is 64.2 cm³/mol. The maximum absolute atomic E-state index is 5.37. The Morgan fingerprint density at radius 1 is 1.47 bits per heavy atom. The molecular formula is C11H19N5O. The number of H-pyrrole nitrogens is 1. The van der Waals surface area contributed by atoms with Crippen molar-refractivity contribution in [1.82, 2.24) is 20.5 Å². The molecule has 0 radical (unpaired) electrons. The molecule has 2 aliphatic rings. The van der Waals surface area contributed by atoms with Gasteiger partial charge in [0.2, 0.25) is 5.95 Å². The molecule has 0 saturated carbocycles. The van der Waals surface area contributed by atoms with Gasteiger partial charge in [-0.2, -0.15) is 4.98 Å². The van der Waals surface area contributed by atoms with Crippen LogP contribution in [0.1, 0.15) is 25.1 Å². The molecule has 2 saturated heterocycles. The molecule has 0 aromatic carbocycles. The Bertz CT molecular complexity index is 374. The van der Waals surface area contributed by atoms with Gasteiger partial charge in [0, 0.05) is 38.2 Å². The number of piperazine rings is 1. The molecule has 3 heterocycles. The Hall–Kier alpha value is -1.14. The quantitative estimate of drug-likeness (QED) is 0.764. The summed E-state index contributed by atoms with van der Waals surface area (Å²) in [6, 6.07) is 0.500. The molecule has 6 nitrogen and oxygen atoms in total. The first kappa shape index (κ1) is 11.0. The van der Waals surface area contributed by atoms with Crippen molar-refractivity contribution in [2.45, 2.75) is 25.3 Å². The molecule has 2 aliphatic heterocycles. The fourth-order valence-electron chi connectivity index (χ4n) is 2.45. The summed E-state index contributed by atoms with van der Waals surface area (Å²) in [5.74, 6) is 2.21. The zero-order chi connectivity index (χ0) is 11.7. The molecule has 0 aliphatic carbocycles. The lowest BCUT2D eigenvalue weighted by molar-refractivity contribution is 0.193. The summed E-state index contributed by atoms with van der Waals surface area (Å²) in [7, 11) is 0.